The van der Waals surface area contributed by atoms with E-state index in [9.17, 15) is 13.2 Å². The number of nitrogens with zero attached hydrogens (tertiary/aromatic N) is 1. The molecule has 1 amide bonds. The third-order valence-corrected chi connectivity index (χ3v) is 7.48. The maximum absolute atomic E-state index is 13.1. The number of sulfonamides is 1. The lowest BCUT2D eigenvalue weighted by atomic mass is 10.1. The number of ether oxygens (including phenoxy) is 2. The fourth-order valence-corrected chi connectivity index (χ4v) is 5.46. The highest BCUT2D eigenvalue weighted by Crippen LogP contribution is 2.33. The Bertz CT molecular complexity index is 1340. The van der Waals surface area contributed by atoms with Crippen molar-refractivity contribution in [2.45, 2.75) is 24.3 Å². The first-order chi connectivity index (χ1) is 17.0. The van der Waals surface area contributed by atoms with Gasteiger partial charge in [0.05, 0.1) is 16.1 Å². The Labute approximate surface area is 204 Å². The number of amides is 1. The number of carbonyl (C=O) groups is 1. The summed E-state index contributed by atoms with van der Waals surface area (Å²) in [7, 11) is -3.96. The minimum absolute atomic E-state index is 0.0245. The summed E-state index contributed by atoms with van der Waals surface area (Å²) < 4.78 is 39.7. The molecule has 3 aromatic carbocycles. The first kappa shape index (κ1) is 23.0. The van der Waals surface area contributed by atoms with Crippen LogP contribution in [0.1, 0.15) is 28.8 Å². The van der Waals surface area contributed by atoms with E-state index in [4.69, 9.17) is 9.47 Å². The van der Waals surface area contributed by atoms with Crippen LogP contribution in [0.15, 0.2) is 71.6 Å². The van der Waals surface area contributed by atoms with Crippen LogP contribution in [0.3, 0.4) is 0 Å². The zero-order valence-electron chi connectivity index (χ0n) is 19.2. The van der Waals surface area contributed by atoms with E-state index in [-0.39, 0.29) is 22.1 Å². The summed E-state index contributed by atoms with van der Waals surface area (Å²) in [6, 6.07) is 19.0. The van der Waals surface area contributed by atoms with Gasteiger partial charge in [-0.2, -0.15) is 0 Å². The number of anilines is 2. The summed E-state index contributed by atoms with van der Waals surface area (Å²) in [5.41, 5.74) is 2.59. The van der Waals surface area contributed by atoms with Gasteiger partial charge in [-0.15, -0.1) is 0 Å². The lowest BCUT2D eigenvalue weighted by Crippen LogP contribution is -2.27. The second kappa shape index (κ2) is 9.87. The largest absolute Gasteiger partial charge is 0.486 e. The van der Waals surface area contributed by atoms with Crippen LogP contribution in [0, 0.1) is 0 Å². The van der Waals surface area contributed by atoms with Gasteiger partial charge >= 0.3 is 0 Å². The summed E-state index contributed by atoms with van der Waals surface area (Å²) in [6.45, 7) is 3.13. The normalized spacial score (nSPS) is 15.0. The van der Waals surface area contributed by atoms with Crippen molar-refractivity contribution < 1.29 is 22.7 Å². The fourth-order valence-electron chi connectivity index (χ4n) is 4.36. The predicted octanol–water partition coefficient (Wildman–Crippen LogP) is 3.79. The second-order valence-electron chi connectivity index (χ2n) is 8.46. The van der Waals surface area contributed by atoms with E-state index >= 15 is 0 Å². The molecule has 0 bridgehead atoms. The molecule has 1 fully saturated rings. The zero-order chi connectivity index (χ0) is 24.3. The lowest BCUT2D eigenvalue weighted by Gasteiger charge is -2.21. The van der Waals surface area contributed by atoms with Crippen molar-refractivity contribution in [3.8, 4) is 11.5 Å². The molecule has 9 heteroatoms. The number of nitrogens with one attached hydrogen (secondary N) is 2. The van der Waals surface area contributed by atoms with Crippen molar-refractivity contribution in [3.05, 3.63) is 77.9 Å². The molecule has 182 valence electrons. The fraction of sp³-hybridized carbons (Fsp3) is 0.269. The first-order valence-corrected chi connectivity index (χ1v) is 13.1. The van der Waals surface area contributed by atoms with Crippen molar-refractivity contribution in [1.82, 2.24) is 5.32 Å². The van der Waals surface area contributed by atoms with Gasteiger partial charge in [0.15, 0.2) is 11.5 Å². The molecule has 0 saturated carbocycles. The van der Waals surface area contributed by atoms with Gasteiger partial charge in [0.25, 0.3) is 15.9 Å². The van der Waals surface area contributed by atoms with Gasteiger partial charge in [0, 0.05) is 31.4 Å². The second-order valence-corrected chi connectivity index (χ2v) is 10.1. The van der Waals surface area contributed by atoms with Crippen LogP contribution in [-0.2, 0) is 16.6 Å². The molecular weight excluding hydrogens is 466 g/mol. The van der Waals surface area contributed by atoms with Crippen molar-refractivity contribution in [2.24, 2.45) is 0 Å². The minimum Gasteiger partial charge on any atom is -0.486 e. The van der Waals surface area contributed by atoms with E-state index in [2.05, 4.69) is 21.0 Å². The van der Waals surface area contributed by atoms with E-state index < -0.39 is 10.0 Å². The molecule has 1 saturated heterocycles. The molecule has 2 aliphatic heterocycles. The molecular formula is C26H27N3O5S. The van der Waals surface area contributed by atoms with Gasteiger partial charge in [-0.25, -0.2) is 8.42 Å². The highest BCUT2D eigenvalue weighted by atomic mass is 32.2. The van der Waals surface area contributed by atoms with Crippen LogP contribution < -0.4 is 24.4 Å². The molecule has 35 heavy (non-hydrogen) atoms. The molecule has 3 aromatic rings. The molecule has 0 spiro atoms. The number of para-hydroxylation sites is 2. The monoisotopic (exact) mass is 493 g/mol. The molecule has 2 heterocycles. The smallest absolute Gasteiger partial charge is 0.262 e. The summed E-state index contributed by atoms with van der Waals surface area (Å²) in [6.07, 6.45) is 2.33. The van der Waals surface area contributed by atoms with Gasteiger partial charge < -0.3 is 19.7 Å². The highest BCUT2D eigenvalue weighted by molar-refractivity contribution is 7.92. The zero-order valence-corrected chi connectivity index (χ0v) is 20.0. The summed E-state index contributed by atoms with van der Waals surface area (Å²) in [4.78, 5) is 15.4. The third-order valence-electron chi connectivity index (χ3n) is 6.12. The van der Waals surface area contributed by atoms with E-state index in [1.54, 1.807) is 30.3 Å². The first-order valence-electron chi connectivity index (χ1n) is 11.6. The minimum atomic E-state index is -3.96. The average Bonchev–Trinajstić information content (AvgIpc) is 3.42. The Balaban J connectivity index is 1.33. The van der Waals surface area contributed by atoms with Crippen molar-refractivity contribution in [1.29, 1.82) is 0 Å². The average molecular weight is 494 g/mol. The Morgan fingerprint density at radius 3 is 2.43 bits per heavy atom. The Morgan fingerprint density at radius 1 is 0.886 bits per heavy atom. The number of rotatable bonds is 7. The highest BCUT2D eigenvalue weighted by Gasteiger charge is 2.22. The summed E-state index contributed by atoms with van der Waals surface area (Å²) in [5.74, 6) is 0.521. The molecule has 2 aliphatic rings. The van der Waals surface area contributed by atoms with Crippen LogP contribution in [0.4, 0.5) is 11.4 Å². The third kappa shape index (κ3) is 5.05. The maximum atomic E-state index is 13.1. The summed E-state index contributed by atoms with van der Waals surface area (Å²) >= 11 is 0. The van der Waals surface area contributed by atoms with Gasteiger partial charge in [-0.05, 0) is 48.7 Å². The summed E-state index contributed by atoms with van der Waals surface area (Å²) in [5, 5.41) is 2.95. The van der Waals surface area contributed by atoms with Gasteiger partial charge in [0.1, 0.15) is 13.2 Å². The Hall–Kier alpha value is -3.72. The molecule has 0 aromatic heterocycles. The standard InChI is InChI=1S/C26H27N3O5S/c30-26(27-18-19-7-1-4-10-23(19)29-13-5-6-14-29)21-8-2-3-9-22(21)28-35(31,32)20-11-12-24-25(17-20)34-16-15-33-24/h1-4,7-12,17,28H,5-6,13-16,18H2,(H,27,30). The number of fused-ring (bicyclic) bond motifs is 1. The van der Waals surface area contributed by atoms with Crippen LogP contribution in [0.2, 0.25) is 0 Å². The number of carbonyl (C=O) groups excluding carboxylic acids is 1. The number of hydrogen-bond acceptors (Lipinski definition) is 6. The molecule has 2 N–H and O–H groups in total. The van der Waals surface area contributed by atoms with Crippen LogP contribution in [-0.4, -0.2) is 40.6 Å². The van der Waals surface area contributed by atoms with Crippen molar-refractivity contribution >= 4 is 27.3 Å². The van der Waals surface area contributed by atoms with Crippen molar-refractivity contribution in [2.75, 3.05) is 35.9 Å². The molecule has 0 atom stereocenters. The molecule has 0 radical (unpaired) electrons. The molecule has 0 aliphatic carbocycles. The molecule has 0 unspecified atom stereocenters. The predicted molar refractivity (Wildman–Crippen MR) is 134 cm³/mol. The van der Waals surface area contributed by atoms with E-state index in [0.717, 1.165) is 37.2 Å². The Morgan fingerprint density at radius 2 is 1.60 bits per heavy atom. The number of hydrogen-bond donors (Lipinski definition) is 2. The maximum Gasteiger partial charge on any atom is 0.262 e. The van der Waals surface area contributed by atoms with Crippen LogP contribution in [0.5, 0.6) is 11.5 Å². The van der Waals surface area contributed by atoms with Gasteiger partial charge in [-0.1, -0.05) is 30.3 Å². The Kier molecular flexibility index (Phi) is 6.50. The lowest BCUT2D eigenvalue weighted by molar-refractivity contribution is 0.0952. The molecule has 8 nitrogen and oxygen atoms in total. The molecule has 5 rings (SSSR count). The van der Waals surface area contributed by atoms with E-state index in [0.29, 0.717) is 31.3 Å². The van der Waals surface area contributed by atoms with Crippen LogP contribution >= 0.6 is 0 Å². The van der Waals surface area contributed by atoms with Crippen molar-refractivity contribution in [3.63, 3.8) is 0 Å². The van der Waals surface area contributed by atoms with E-state index in [1.165, 1.54) is 12.1 Å². The number of benzene rings is 3. The topological polar surface area (TPSA) is 97.0 Å². The van der Waals surface area contributed by atoms with E-state index in [1.807, 2.05) is 18.2 Å². The quantitative estimate of drug-likeness (QED) is 0.520. The van der Waals surface area contributed by atoms with Gasteiger partial charge in [-0.3, -0.25) is 9.52 Å². The van der Waals surface area contributed by atoms with Crippen LogP contribution in [0.25, 0.3) is 0 Å². The van der Waals surface area contributed by atoms with Gasteiger partial charge in [0.2, 0.25) is 0 Å². The SMILES string of the molecule is O=C(NCc1ccccc1N1CCCC1)c1ccccc1NS(=O)(=O)c1ccc2c(c1)OCCO2.